The third-order valence-electron chi connectivity index (χ3n) is 2.39. The third kappa shape index (κ3) is 2.69. The number of ether oxygens (including phenoxy) is 2. The summed E-state index contributed by atoms with van der Waals surface area (Å²) in [5.41, 5.74) is 0.571. The number of benzene rings is 1. The molecular formula is C14H10N2O3. The van der Waals surface area contributed by atoms with Gasteiger partial charge in [-0.05, 0) is 24.3 Å². The number of carbonyl (C=O) groups is 1. The molecule has 0 aliphatic rings. The van der Waals surface area contributed by atoms with Crippen molar-refractivity contribution >= 4 is 5.97 Å². The van der Waals surface area contributed by atoms with Crippen LogP contribution in [0.2, 0.25) is 0 Å². The predicted octanol–water partition coefficient (Wildman–Crippen LogP) is 2.53. The highest BCUT2D eigenvalue weighted by molar-refractivity contribution is 5.92. The van der Waals surface area contributed by atoms with E-state index in [4.69, 9.17) is 10.00 Å². The predicted molar refractivity (Wildman–Crippen MR) is 66.8 cm³/mol. The highest BCUT2D eigenvalue weighted by atomic mass is 16.5. The first-order valence-electron chi connectivity index (χ1n) is 5.46. The molecule has 0 atom stereocenters. The van der Waals surface area contributed by atoms with Crippen molar-refractivity contribution in [2.75, 3.05) is 7.11 Å². The summed E-state index contributed by atoms with van der Waals surface area (Å²) in [4.78, 5) is 15.6. The van der Waals surface area contributed by atoms with Gasteiger partial charge in [-0.25, -0.2) is 9.78 Å². The van der Waals surface area contributed by atoms with E-state index >= 15 is 0 Å². The minimum atomic E-state index is -0.509. The zero-order chi connectivity index (χ0) is 13.7. The minimum Gasteiger partial charge on any atom is -0.465 e. The largest absolute Gasteiger partial charge is 0.465 e. The molecule has 0 unspecified atom stereocenters. The van der Waals surface area contributed by atoms with Gasteiger partial charge in [0.2, 0.25) is 5.88 Å². The van der Waals surface area contributed by atoms with Crippen LogP contribution in [-0.4, -0.2) is 18.1 Å². The molecule has 1 aromatic carbocycles. The van der Waals surface area contributed by atoms with Gasteiger partial charge < -0.3 is 9.47 Å². The van der Waals surface area contributed by atoms with Crippen LogP contribution in [0.3, 0.4) is 0 Å². The topological polar surface area (TPSA) is 72.2 Å². The Labute approximate surface area is 110 Å². The number of nitrogens with zero attached hydrogens (tertiary/aromatic N) is 2. The summed E-state index contributed by atoms with van der Waals surface area (Å²) in [5.74, 6) is -0.0593. The van der Waals surface area contributed by atoms with E-state index in [1.54, 1.807) is 36.4 Å². The Bertz CT molecular complexity index is 647. The molecule has 5 heteroatoms. The molecule has 0 spiro atoms. The lowest BCUT2D eigenvalue weighted by Gasteiger charge is -2.09. The van der Waals surface area contributed by atoms with Gasteiger partial charge in [0.25, 0.3) is 0 Å². The molecular weight excluding hydrogens is 244 g/mol. The molecule has 0 bridgehead atoms. The fourth-order valence-corrected chi connectivity index (χ4v) is 1.50. The van der Waals surface area contributed by atoms with Crippen LogP contribution in [0, 0.1) is 11.3 Å². The lowest BCUT2D eigenvalue weighted by molar-refractivity contribution is 0.0598. The van der Waals surface area contributed by atoms with Gasteiger partial charge in [0, 0.05) is 6.20 Å². The first-order valence-corrected chi connectivity index (χ1v) is 5.46. The standard InChI is InChI=1S/C14H10N2O3/c1-18-14(17)11-6-2-3-7-12(11)19-13-10(9-15)5-4-8-16-13/h2-8H,1H3. The van der Waals surface area contributed by atoms with Crippen molar-refractivity contribution in [2.24, 2.45) is 0 Å². The summed E-state index contributed by atoms with van der Waals surface area (Å²) in [5, 5.41) is 8.96. The molecule has 0 fully saturated rings. The lowest BCUT2D eigenvalue weighted by atomic mass is 10.2. The highest BCUT2D eigenvalue weighted by Gasteiger charge is 2.14. The van der Waals surface area contributed by atoms with E-state index in [0.29, 0.717) is 11.3 Å². The summed E-state index contributed by atoms with van der Waals surface area (Å²) in [6, 6.07) is 11.8. The van der Waals surface area contributed by atoms with E-state index < -0.39 is 5.97 Å². The number of nitriles is 1. The van der Waals surface area contributed by atoms with E-state index in [9.17, 15) is 4.79 Å². The number of carbonyl (C=O) groups excluding carboxylic acids is 1. The van der Waals surface area contributed by atoms with Gasteiger partial charge >= 0.3 is 5.97 Å². The van der Waals surface area contributed by atoms with Gasteiger partial charge in [-0.15, -0.1) is 0 Å². The average molecular weight is 254 g/mol. The number of methoxy groups -OCH3 is 1. The van der Waals surface area contributed by atoms with Crippen molar-refractivity contribution in [1.29, 1.82) is 5.26 Å². The zero-order valence-electron chi connectivity index (χ0n) is 10.2. The molecule has 2 aromatic rings. The van der Waals surface area contributed by atoms with E-state index in [1.807, 2.05) is 6.07 Å². The van der Waals surface area contributed by atoms with Crippen molar-refractivity contribution in [3.63, 3.8) is 0 Å². The van der Waals surface area contributed by atoms with Gasteiger partial charge in [-0.1, -0.05) is 12.1 Å². The number of aromatic nitrogens is 1. The Balaban J connectivity index is 2.39. The second-order valence-corrected chi connectivity index (χ2v) is 3.56. The van der Waals surface area contributed by atoms with Crippen molar-refractivity contribution in [3.8, 4) is 17.7 Å². The maximum absolute atomic E-state index is 11.6. The van der Waals surface area contributed by atoms with Crippen LogP contribution in [-0.2, 0) is 4.74 Å². The second-order valence-electron chi connectivity index (χ2n) is 3.56. The number of hydrogen-bond donors (Lipinski definition) is 0. The first-order chi connectivity index (χ1) is 9.26. The highest BCUT2D eigenvalue weighted by Crippen LogP contribution is 2.26. The molecule has 2 rings (SSSR count). The molecule has 0 aliphatic heterocycles. The number of esters is 1. The Morgan fingerprint density at radius 2 is 2.05 bits per heavy atom. The number of para-hydroxylation sites is 1. The monoisotopic (exact) mass is 254 g/mol. The first kappa shape index (κ1) is 12.6. The fourth-order valence-electron chi connectivity index (χ4n) is 1.50. The van der Waals surface area contributed by atoms with Gasteiger partial charge in [-0.3, -0.25) is 0 Å². The Morgan fingerprint density at radius 1 is 1.26 bits per heavy atom. The number of hydrogen-bond acceptors (Lipinski definition) is 5. The molecule has 0 amide bonds. The van der Waals surface area contributed by atoms with Gasteiger partial charge in [0.1, 0.15) is 22.9 Å². The molecule has 5 nitrogen and oxygen atoms in total. The number of rotatable bonds is 3. The normalized spacial score (nSPS) is 9.47. The maximum Gasteiger partial charge on any atom is 0.341 e. The van der Waals surface area contributed by atoms with Crippen molar-refractivity contribution in [2.45, 2.75) is 0 Å². The molecule has 1 aromatic heterocycles. The fraction of sp³-hybridized carbons (Fsp3) is 0.0714. The van der Waals surface area contributed by atoms with Gasteiger partial charge in [0.15, 0.2) is 0 Å². The summed E-state index contributed by atoms with van der Waals surface area (Å²) in [7, 11) is 1.29. The molecule has 19 heavy (non-hydrogen) atoms. The molecule has 0 radical (unpaired) electrons. The van der Waals surface area contributed by atoms with Crippen LogP contribution in [0.1, 0.15) is 15.9 Å². The van der Waals surface area contributed by atoms with Crippen LogP contribution in [0.15, 0.2) is 42.6 Å². The quantitative estimate of drug-likeness (QED) is 0.787. The Hall–Kier alpha value is -2.87. The smallest absolute Gasteiger partial charge is 0.341 e. The Kier molecular flexibility index (Phi) is 3.74. The van der Waals surface area contributed by atoms with Crippen LogP contribution in [0.4, 0.5) is 0 Å². The molecule has 0 N–H and O–H groups in total. The zero-order valence-corrected chi connectivity index (χ0v) is 10.2. The molecule has 0 saturated heterocycles. The summed E-state index contributed by atoms with van der Waals surface area (Å²) >= 11 is 0. The molecule has 1 heterocycles. The third-order valence-corrected chi connectivity index (χ3v) is 2.39. The SMILES string of the molecule is COC(=O)c1ccccc1Oc1ncccc1C#N. The molecule has 0 aliphatic carbocycles. The van der Waals surface area contributed by atoms with Crippen LogP contribution >= 0.6 is 0 Å². The molecule has 0 saturated carbocycles. The number of pyridine rings is 1. The maximum atomic E-state index is 11.6. The van der Waals surface area contributed by atoms with Gasteiger partial charge in [-0.2, -0.15) is 5.26 Å². The van der Waals surface area contributed by atoms with Crippen molar-refractivity contribution in [1.82, 2.24) is 4.98 Å². The van der Waals surface area contributed by atoms with Crippen LogP contribution in [0.25, 0.3) is 0 Å². The van der Waals surface area contributed by atoms with Crippen molar-refractivity contribution in [3.05, 3.63) is 53.7 Å². The summed E-state index contributed by atoms with van der Waals surface area (Å²) in [6.45, 7) is 0. The molecule has 94 valence electrons. The summed E-state index contributed by atoms with van der Waals surface area (Å²) < 4.78 is 10.2. The lowest BCUT2D eigenvalue weighted by Crippen LogP contribution is -2.04. The van der Waals surface area contributed by atoms with Crippen molar-refractivity contribution < 1.29 is 14.3 Å². The van der Waals surface area contributed by atoms with E-state index in [-0.39, 0.29) is 11.4 Å². The second kappa shape index (κ2) is 5.65. The van der Waals surface area contributed by atoms with Crippen LogP contribution in [0.5, 0.6) is 11.6 Å². The van der Waals surface area contributed by atoms with E-state index in [2.05, 4.69) is 9.72 Å². The average Bonchev–Trinajstić information content (AvgIpc) is 2.47. The summed E-state index contributed by atoms with van der Waals surface area (Å²) in [6.07, 6.45) is 1.51. The van der Waals surface area contributed by atoms with E-state index in [1.165, 1.54) is 13.3 Å². The van der Waals surface area contributed by atoms with E-state index in [0.717, 1.165) is 0 Å². The Morgan fingerprint density at radius 3 is 2.79 bits per heavy atom. The minimum absolute atomic E-state index is 0.154. The van der Waals surface area contributed by atoms with Gasteiger partial charge in [0.05, 0.1) is 7.11 Å². The van der Waals surface area contributed by atoms with Crippen LogP contribution < -0.4 is 4.74 Å².